The standard InChI is InChI=1S/C26H33N7O4S.C22H27BN6O5S/c1-3-26(22(34)35)5-7-33(8-6-26)23-28-15-18(16-29-23)17-13-19-21(20(14-17)32-9-11-37-12-10-32)38-25(30-19)31-24(36)27-4-2;1-3-22(18(30)31)5-7-29(8-6-22)19-25-11-14(12-26-19)13-9-15(23(33)34)17-16(10-13)27-21(35-17)28-20(32)24-4-2/h13-16H,3-12H2,1-2H3,(H,34,35)(H2,27,30,31,36);9-12,33-34H,3-8H2,1-2H3,(H,30,31)(H2,24,27,28,32). The second kappa shape index (κ2) is 23.0. The van der Waals surface area contributed by atoms with Crippen molar-refractivity contribution in [1.82, 2.24) is 40.5 Å². The lowest BCUT2D eigenvalue weighted by Crippen LogP contribution is -2.44. The number of carbonyl (C=O) groups is 4. The van der Waals surface area contributed by atoms with Crippen molar-refractivity contribution in [2.45, 2.75) is 66.2 Å². The van der Waals surface area contributed by atoms with E-state index >= 15 is 0 Å². The number of carboxylic acid groups (broad SMARTS) is 2. The molecule has 3 saturated heterocycles. The van der Waals surface area contributed by atoms with Gasteiger partial charge in [-0.3, -0.25) is 20.2 Å². The number of piperidine rings is 2. The van der Waals surface area contributed by atoms with E-state index in [1.54, 1.807) is 31.5 Å². The summed E-state index contributed by atoms with van der Waals surface area (Å²) in [6.45, 7) is 13.7. The number of nitrogens with zero attached hydrogens (tertiary/aromatic N) is 9. The van der Waals surface area contributed by atoms with Crippen molar-refractivity contribution in [3.63, 3.8) is 0 Å². The average molecular weight is 1040 g/mol. The molecule has 3 fully saturated rings. The first kappa shape index (κ1) is 52.5. The summed E-state index contributed by atoms with van der Waals surface area (Å²) in [6, 6.07) is 6.88. The van der Waals surface area contributed by atoms with Crippen LogP contribution in [0.2, 0.25) is 0 Å². The summed E-state index contributed by atoms with van der Waals surface area (Å²) in [6.07, 6.45) is 10.4. The maximum absolute atomic E-state index is 12.1. The number of rotatable bonds is 14. The molecule has 9 rings (SSSR count). The molecule has 2 aromatic carbocycles. The lowest BCUT2D eigenvalue weighted by molar-refractivity contribution is -0.151. The van der Waals surface area contributed by atoms with Crippen LogP contribution in [0.3, 0.4) is 0 Å². The molecule has 0 bridgehead atoms. The molecule has 7 heterocycles. The van der Waals surface area contributed by atoms with Gasteiger partial charge in [0.2, 0.25) is 11.9 Å². The van der Waals surface area contributed by atoms with E-state index in [4.69, 9.17) is 9.72 Å². The van der Waals surface area contributed by atoms with E-state index in [0.29, 0.717) is 135 Å². The molecule has 73 heavy (non-hydrogen) atoms. The van der Waals surface area contributed by atoms with Gasteiger partial charge < -0.3 is 50.3 Å². The van der Waals surface area contributed by atoms with Crippen LogP contribution in [0.5, 0.6) is 0 Å². The molecule has 8 N–H and O–H groups in total. The van der Waals surface area contributed by atoms with Gasteiger partial charge >= 0.3 is 31.1 Å². The number of hydrogen-bond donors (Lipinski definition) is 8. The summed E-state index contributed by atoms with van der Waals surface area (Å²) in [4.78, 5) is 81.1. The van der Waals surface area contributed by atoms with Crippen LogP contribution in [0.1, 0.15) is 66.2 Å². The number of fused-ring (bicyclic) bond motifs is 2. The number of ether oxygens (including phenoxy) is 1. The van der Waals surface area contributed by atoms with Crippen molar-refractivity contribution in [2.24, 2.45) is 10.8 Å². The zero-order valence-electron chi connectivity index (χ0n) is 41.2. The maximum Gasteiger partial charge on any atom is 0.489 e. The summed E-state index contributed by atoms with van der Waals surface area (Å²) in [5.74, 6) is -0.330. The smallest absolute Gasteiger partial charge is 0.481 e. The lowest BCUT2D eigenvalue weighted by atomic mass is 9.76. The number of nitrogens with one attached hydrogen (secondary N) is 4. The van der Waals surface area contributed by atoms with Gasteiger partial charge in [0.1, 0.15) is 0 Å². The third kappa shape index (κ3) is 11.7. The predicted molar refractivity (Wildman–Crippen MR) is 283 cm³/mol. The second-order valence-electron chi connectivity index (χ2n) is 18.1. The minimum Gasteiger partial charge on any atom is -0.481 e. The molecule has 0 saturated carbocycles. The predicted octanol–water partition coefficient (Wildman–Crippen LogP) is 5.47. The fourth-order valence-electron chi connectivity index (χ4n) is 9.32. The number of hydrogen-bond acceptors (Lipinski definition) is 18. The summed E-state index contributed by atoms with van der Waals surface area (Å²) >= 11 is 2.61. The Bertz CT molecular complexity index is 2920. The Balaban J connectivity index is 0.000000196. The van der Waals surface area contributed by atoms with Gasteiger partial charge in [-0.15, -0.1) is 0 Å². The highest BCUT2D eigenvalue weighted by Gasteiger charge is 2.41. The molecule has 386 valence electrons. The Morgan fingerprint density at radius 1 is 0.603 bits per heavy atom. The van der Waals surface area contributed by atoms with E-state index in [-0.39, 0.29) is 17.5 Å². The number of amides is 4. The zero-order chi connectivity index (χ0) is 51.9. The van der Waals surface area contributed by atoms with Gasteiger partial charge in [0.05, 0.1) is 50.2 Å². The fourth-order valence-corrected chi connectivity index (χ4v) is 11.3. The van der Waals surface area contributed by atoms with E-state index < -0.39 is 29.9 Å². The Hall–Kier alpha value is -6.80. The van der Waals surface area contributed by atoms with Gasteiger partial charge in [-0.2, -0.15) is 0 Å². The first-order valence-corrected chi connectivity index (χ1v) is 26.1. The summed E-state index contributed by atoms with van der Waals surface area (Å²) in [5.41, 5.74) is 4.39. The van der Waals surface area contributed by atoms with Crippen LogP contribution in [0, 0.1) is 10.8 Å². The van der Waals surface area contributed by atoms with Gasteiger partial charge in [0.15, 0.2) is 10.3 Å². The van der Waals surface area contributed by atoms with Crippen LogP contribution in [-0.4, -0.2) is 147 Å². The Labute approximate surface area is 429 Å². The highest BCUT2D eigenvalue weighted by molar-refractivity contribution is 7.23. The van der Waals surface area contributed by atoms with Crippen LogP contribution in [0.25, 0.3) is 42.7 Å². The van der Waals surface area contributed by atoms with Crippen molar-refractivity contribution in [1.29, 1.82) is 0 Å². The molecular weight excluding hydrogens is 978 g/mol. The summed E-state index contributed by atoms with van der Waals surface area (Å²) in [7, 11) is -1.73. The average Bonchev–Trinajstić information content (AvgIpc) is 4.01. The van der Waals surface area contributed by atoms with Crippen molar-refractivity contribution in [3.05, 3.63) is 49.1 Å². The topological polar surface area (TPSA) is 294 Å². The Morgan fingerprint density at radius 2 is 1.03 bits per heavy atom. The minimum absolute atomic E-state index is 0.267. The zero-order valence-corrected chi connectivity index (χ0v) is 42.8. The fraction of sp³-hybridized carbons (Fsp3) is 0.458. The van der Waals surface area contributed by atoms with Gasteiger partial charge in [-0.25, -0.2) is 39.5 Å². The Morgan fingerprint density at radius 3 is 1.44 bits per heavy atom. The molecule has 6 aromatic rings. The normalized spacial score (nSPS) is 16.3. The van der Waals surface area contributed by atoms with Gasteiger partial charge in [-0.05, 0) is 81.7 Å². The highest BCUT2D eigenvalue weighted by atomic mass is 32.1. The lowest BCUT2D eigenvalue weighted by Gasteiger charge is -2.38. The number of carboxylic acids is 2. The van der Waals surface area contributed by atoms with E-state index in [0.717, 1.165) is 51.5 Å². The third-order valence-corrected chi connectivity index (χ3v) is 16.0. The first-order chi connectivity index (χ1) is 35.2. The monoisotopic (exact) mass is 1040 g/mol. The van der Waals surface area contributed by atoms with E-state index in [9.17, 15) is 39.4 Å². The number of anilines is 5. The van der Waals surface area contributed by atoms with Crippen molar-refractivity contribution < 1.29 is 44.2 Å². The van der Waals surface area contributed by atoms with E-state index in [2.05, 4.69) is 62.1 Å². The number of urea groups is 2. The molecule has 3 aliphatic heterocycles. The second-order valence-corrected chi connectivity index (χ2v) is 20.1. The van der Waals surface area contributed by atoms with Crippen LogP contribution in [0.4, 0.5) is 37.4 Å². The van der Waals surface area contributed by atoms with Gasteiger partial charge in [-0.1, -0.05) is 42.6 Å². The quantitative estimate of drug-likeness (QED) is 0.0628. The number of carbonyl (C=O) groups excluding carboxylic acids is 2. The number of benzene rings is 2. The number of thiazole rings is 2. The van der Waals surface area contributed by atoms with Crippen LogP contribution < -0.4 is 41.4 Å². The Kier molecular flexibility index (Phi) is 16.5. The molecule has 22 nitrogen and oxygen atoms in total. The largest absolute Gasteiger partial charge is 0.489 e. The summed E-state index contributed by atoms with van der Waals surface area (Å²) in [5, 5.41) is 50.9. The number of aliphatic carboxylic acids is 2. The van der Waals surface area contributed by atoms with E-state index in [1.165, 1.54) is 11.3 Å². The molecular formula is C48H60BN13O9S2. The third-order valence-electron chi connectivity index (χ3n) is 13.9. The molecule has 0 radical (unpaired) electrons. The molecule has 25 heteroatoms. The molecule has 4 amide bonds. The molecule has 0 spiro atoms. The molecule has 0 unspecified atom stereocenters. The minimum atomic E-state index is -1.73. The number of aromatic nitrogens is 6. The SMILES string of the molecule is CCNC(=O)Nc1nc2cc(-c3cnc(N4CCC(CC)(C(=O)O)CC4)nc3)cc(B(O)O)c2s1.CCNC(=O)Nc1nc2cc(-c3cnc(N4CCC(CC)(C(=O)O)CC4)nc3)cc(N3CCOCC3)c2s1. The molecule has 0 atom stereocenters. The molecule has 3 aliphatic rings. The summed E-state index contributed by atoms with van der Waals surface area (Å²) < 4.78 is 7.12. The van der Waals surface area contributed by atoms with Crippen LogP contribution in [-0.2, 0) is 14.3 Å². The van der Waals surface area contributed by atoms with Crippen LogP contribution in [0.15, 0.2) is 49.1 Å². The van der Waals surface area contributed by atoms with Crippen molar-refractivity contribution in [3.8, 4) is 22.3 Å². The maximum atomic E-state index is 12.1. The van der Waals surface area contributed by atoms with Crippen molar-refractivity contribution in [2.75, 3.05) is 90.9 Å². The van der Waals surface area contributed by atoms with Gasteiger partial charge in [0.25, 0.3) is 0 Å². The van der Waals surface area contributed by atoms with Crippen LogP contribution >= 0.6 is 22.7 Å². The molecule has 0 aliphatic carbocycles. The highest BCUT2D eigenvalue weighted by Crippen LogP contribution is 2.40. The van der Waals surface area contributed by atoms with Gasteiger partial charge in [0, 0.05) is 93.7 Å². The van der Waals surface area contributed by atoms with Crippen molar-refractivity contribution >= 4 is 108 Å². The van der Waals surface area contributed by atoms with E-state index in [1.807, 2.05) is 44.1 Å². The first-order valence-electron chi connectivity index (χ1n) is 24.5. The molecule has 4 aromatic heterocycles. The number of morpholine rings is 1.